The molecule has 0 spiro atoms. The molecule has 0 saturated heterocycles. The Morgan fingerprint density at radius 3 is 2.05 bits per heavy atom. The summed E-state index contributed by atoms with van der Waals surface area (Å²) in [6, 6.07) is 4.42. The number of aromatic carboxylic acids is 1. The van der Waals surface area contributed by atoms with Crippen molar-refractivity contribution in [1.82, 2.24) is 9.13 Å². The lowest BCUT2D eigenvalue weighted by Gasteiger charge is -2.13. The van der Waals surface area contributed by atoms with E-state index in [0.717, 1.165) is 0 Å². The molecule has 1 aromatic heterocycles. The molecule has 0 radical (unpaired) electrons. The van der Waals surface area contributed by atoms with Crippen LogP contribution in [0, 0.1) is 0 Å². The summed E-state index contributed by atoms with van der Waals surface area (Å²) in [7, 11) is 0. The number of hydrogen-bond acceptors (Lipinski definition) is 3. The third kappa shape index (κ3) is 1.95. The van der Waals surface area contributed by atoms with Crippen LogP contribution in [-0.2, 0) is 13.1 Å². The molecule has 1 heterocycles. The highest BCUT2D eigenvalue weighted by atomic mass is 16.4. The number of carboxylic acids is 1. The van der Waals surface area contributed by atoms with Crippen LogP contribution in [0.4, 0.5) is 0 Å². The summed E-state index contributed by atoms with van der Waals surface area (Å²) in [4.78, 5) is 34.9. The molecule has 19 heavy (non-hydrogen) atoms. The van der Waals surface area contributed by atoms with Crippen LogP contribution in [-0.4, -0.2) is 20.2 Å². The van der Waals surface area contributed by atoms with Crippen LogP contribution in [0.15, 0.2) is 27.8 Å². The number of carbonyl (C=O) groups is 1. The zero-order valence-electron chi connectivity index (χ0n) is 10.7. The van der Waals surface area contributed by atoms with Crippen LogP contribution in [0.1, 0.15) is 24.2 Å². The molecule has 0 atom stereocenters. The lowest BCUT2D eigenvalue weighted by atomic mass is 10.2. The molecular formula is C13H14N2O4. The van der Waals surface area contributed by atoms with Crippen LogP contribution >= 0.6 is 0 Å². The molecule has 0 bridgehead atoms. The van der Waals surface area contributed by atoms with Gasteiger partial charge in [-0.2, -0.15) is 0 Å². The maximum absolute atomic E-state index is 12.0. The Balaban J connectivity index is 3.02. The second kappa shape index (κ2) is 4.72. The van der Waals surface area contributed by atoms with E-state index in [2.05, 4.69) is 0 Å². The maximum atomic E-state index is 12.0. The summed E-state index contributed by atoms with van der Waals surface area (Å²) in [6.07, 6.45) is 0. The van der Waals surface area contributed by atoms with E-state index >= 15 is 0 Å². The quantitative estimate of drug-likeness (QED) is 0.833. The molecule has 0 aliphatic rings. The summed E-state index contributed by atoms with van der Waals surface area (Å²) in [6.45, 7) is 4.19. The zero-order chi connectivity index (χ0) is 14.2. The topological polar surface area (TPSA) is 81.3 Å². The zero-order valence-corrected chi connectivity index (χ0v) is 10.7. The lowest BCUT2D eigenvalue weighted by molar-refractivity contribution is 0.0697. The Bertz CT molecular complexity index is 771. The van der Waals surface area contributed by atoms with Crippen LogP contribution in [0.2, 0.25) is 0 Å². The van der Waals surface area contributed by atoms with Gasteiger partial charge >= 0.3 is 17.1 Å². The van der Waals surface area contributed by atoms with Crippen molar-refractivity contribution in [2.45, 2.75) is 26.9 Å². The Kier molecular flexibility index (Phi) is 3.25. The Morgan fingerprint density at radius 1 is 1.05 bits per heavy atom. The largest absolute Gasteiger partial charge is 0.478 e. The van der Waals surface area contributed by atoms with E-state index in [4.69, 9.17) is 5.11 Å². The summed E-state index contributed by atoms with van der Waals surface area (Å²) in [5.74, 6) is -1.06. The van der Waals surface area contributed by atoms with E-state index in [0.29, 0.717) is 24.1 Å². The van der Waals surface area contributed by atoms with Gasteiger partial charge in [0, 0.05) is 13.1 Å². The molecule has 0 unspecified atom stereocenters. The molecular weight excluding hydrogens is 248 g/mol. The second-order valence-corrected chi connectivity index (χ2v) is 4.11. The van der Waals surface area contributed by atoms with E-state index < -0.39 is 17.1 Å². The monoisotopic (exact) mass is 262 g/mol. The molecule has 2 rings (SSSR count). The predicted octanol–water partition coefficient (Wildman–Crippen LogP) is 0.901. The minimum Gasteiger partial charge on any atom is -0.478 e. The third-order valence-electron chi connectivity index (χ3n) is 3.11. The molecule has 6 heteroatoms. The first kappa shape index (κ1) is 13.1. The second-order valence-electron chi connectivity index (χ2n) is 4.11. The minimum absolute atomic E-state index is 0.0930. The standard InChI is InChI=1S/C13H14N2O4/c1-3-14-9-6-5-8(13(18)19)7-10(9)15(4-2)12(17)11(14)16/h5-7H,3-4H2,1-2H3,(H,18,19). The van der Waals surface area contributed by atoms with E-state index in [1.807, 2.05) is 0 Å². The number of hydrogen-bond donors (Lipinski definition) is 1. The first-order chi connectivity index (χ1) is 9.01. The number of carboxylic acid groups (broad SMARTS) is 1. The van der Waals surface area contributed by atoms with Crippen molar-refractivity contribution in [2.24, 2.45) is 0 Å². The van der Waals surface area contributed by atoms with Gasteiger partial charge in [-0.15, -0.1) is 0 Å². The number of rotatable bonds is 3. The molecule has 0 amide bonds. The van der Waals surface area contributed by atoms with Gasteiger partial charge in [0.2, 0.25) is 0 Å². The molecule has 1 aromatic carbocycles. The van der Waals surface area contributed by atoms with E-state index in [-0.39, 0.29) is 5.56 Å². The van der Waals surface area contributed by atoms with Crippen molar-refractivity contribution in [2.75, 3.05) is 0 Å². The number of fused-ring (bicyclic) bond motifs is 1. The van der Waals surface area contributed by atoms with Gasteiger partial charge in [-0.25, -0.2) is 4.79 Å². The minimum atomic E-state index is -1.06. The van der Waals surface area contributed by atoms with Crippen LogP contribution in [0.25, 0.3) is 11.0 Å². The molecule has 2 aromatic rings. The van der Waals surface area contributed by atoms with E-state index in [1.165, 1.54) is 21.3 Å². The van der Waals surface area contributed by atoms with Crippen LogP contribution in [0.5, 0.6) is 0 Å². The van der Waals surface area contributed by atoms with Crippen LogP contribution in [0.3, 0.4) is 0 Å². The fourth-order valence-electron chi connectivity index (χ4n) is 2.18. The smallest absolute Gasteiger partial charge is 0.335 e. The summed E-state index contributed by atoms with van der Waals surface area (Å²) in [5.41, 5.74) is -0.0810. The third-order valence-corrected chi connectivity index (χ3v) is 3.11. The average Bonchev–Trinajstić information content (AvgIpc) is 2.40. The average molecular weight is 262 g/mol. The maximum Gasteiger partial charge on any atom is 0.335 e. The molecule has 0 fully saturated rings. The Hall–Kier alpha value is -2.37. The number of aromatic nitrogens is 2. The Morgan fingerprint density at radius 2 is 1.58 bits per heavy atom. The van der Waals surface area contributed by atoms with Crippen molar-refractivity contribution in [1.29, 1.82) is 0 Å². The van der Waals surface area contributed by atoms with Gasteiger partial charge in [-0.05, 0) is 32.0 Å². The normalized spacial score (nSPS) is 10.8. The van der Waals surface area contributed by atoms with Crippen molar-refractivity contribution in [3.8, 4) is 0 Å². The molecule has 0 aliphatic carbocycles. The lowest BCUT2D eigenvalue weighted by Crippen LogP contribution is -2.41. The van der Waals surface area contributed by atoms with E-state index in [9.17, 15) is 14.4 Å². The van der Waals surface area contributed by atoms with Gasteiger partial charge in [-0.3, -0.25) is 9.59 Å². The highest BCUT2D eigenvalue weighted by Gasteiger charge is 2.13. The van der Waals surface area contributed by atoms with E-state index in [1.54, 1.807) is 19.9 Å². The predicted molar refractivity (Wildman–Crippen MR) is 70.8 cm³/mol. The molecule has 100 valence electrons. The molecule has 6 nitrogen and oxygen atoms in total. The summed E-state index contributed by atoms with van der Waals surface area (Å²) >= 11 is 0. The van der Waals surface area contributed by atoms with Gasteiger partial charge in [0.25, 0.3) is 0 Å². The van der Waals surface area contributed by atoms with Crippen molar-refractivity contribution in [3.05, 3.63) is 44.5 Å². The Labute approximate surface area is 108 Å². The molecule has 0 saturated carbocycles. The van der Waals surface area contributed by atoms with Crippen molar-refractivity contribution in [3.63, 3.8) is 0 Å². The van der Waals surface area contributed by atoms with Crippen molar-refractivity contribution >= 4 is 17.0 Å². The first-order valence-corrected chi connectivity index (χ1v) is 6.02. The van der Waals surface area contributed by atoms with Crippen molar-refractivity contribution < 1.29 is 9.90 Å². The van der Waals surface area contributed by atoms with Gasteiger partial charge in [0.05, 0.1) is 16.6 Å². The van der Waals surface area contributed by atoms with Gasteiger partial charge < -0.3 is 14.2 Å². The van der Waals surface area contributed by atoms with Crippen LogP contribution < -0.4 is 11.1 Å². The summed E-state index contributed by atoms with van der Waals surface area (Å²) < 4.78 is 2.66. The fraction of sp³-hybridized carbons (Fsp3) is 0.308. The summed E-state index contributed by atoms with van der Waals surface area (Å²) in [5, 5.41) is 9.00. The molecule has 1 N–H and O–H groups in total. The number of benzene rings is 1. The van der Waals surface area contributed by atoms with Gasteiger partial charge in [0.15, 0.2) is 0 Å². The van der Waals surface area contributed by atoms with Gasteiger partial charge in [-0.1, -0.05) is 0 Å². The molecule has 0 aliphatic heterocycles. The number of aryl methyl sites for hydroxylation is 2. The fourth-order valence-corrected chi connectivity index (χ4v) is 2.18. The number of nitrogens with zero attached hydrogens (tertiary/aromatic N) is 2. The highest BCUT2D eigenvalue weighted by molar-refractivity contribution is 5.92. The SMILES string of the molecule is CCn1c(=O)c(=O)n(CC)c2cc(C(=O)O)ccc21. The highest BCUT2D eigenvalue weighted by Crippen LogP contribution is 2.14. The first-order valence-electron chi connectivity index (χ1n) is 6.02. The van der Waals surface area contributed by atoms with Gasteiger partial charge in [0.1, 0.15) is 0 Å².